The Hall–Kier alpha value is -2.21. The lowest BCUT2D eigenvalue weighted by Crippen LogP contribution is -2.02. The molecule has 0 spiro atoms. The first-order valence-electron chi connectivity index (χ1n) is 5.17. The molecule has 2 rings (SSSR count). The molecule has 0 saturated carbocycles. The zero-order valence-electron chi connectivity index (χ0n) is 9.66. The van der Waals surface area contributed by atoms with Gasteiger partial charge in [0.15, 0.2) is 0 Å². The average Bonchev–Trinajstić information content (AvgIpc) is 2.87. The third-order valence-corrected chi connectivity index (χ3v) is 3.00. The summed E-state index contributed by atoms with van der Waals surface area (Å²) in [6.45, 7) is 0. The van der Waals surface area contributed by atoms with E-state index in [2.05, 4.69) is 20.2 Å². The lowest BCUT2D eigenvalue weighted by Gasteiger charge is -2.00. The molecule has 0 unspecified atom stereocenters. The number of rotatable bonds is 4. The van der Waals surface area contributed by atoms with E-state index < -0.39 is 0 Å². The van der Waals surface area contributed by atoms with Crippen molar-refractivity contribution >= 4 is 29.2 Å². The van der Waals surface area contributed by atoms with Crippen LogP contribution in [0.1, 0.15) is 15.4 Å². The van der Waals surface area contributed by atoms with Crippen molar-refractivity contribution in [2.75, 3.05) is 12.5 Å². The number of nitrogens with zero attached hydrogens (tertiary/aromatic N) is 2. The molecule has 0 atom stereocenters. The Morgan fingerprint density at radius 1 is 1.50 bits per heavy atom. The molecular formula is C12H11N3O2S. The molecule has 0 bridgehead atoms. The van der Waals surface area contributed by atoms with Crippen LogP contribution in [0.4, 0.5) is 5.69 Å². The molecule has 1 N–H and O–H groups in total. The summed E-state index contributed by atoms with van der Waals surface area (Å²) >= 11 is 1.30. The number of esters is 1. The van der Waals surface area contributed by atoms with Crippen molar-refractivity contribution in [2.24, 2.45) is 5.10 Å². The Balaban J connectivity index is 2.05. The quantitative estimate of drug-likeness (QED) is 0.521. The largest absolute Gasteiger partial charge is 0.465 e. The zero-order chi connectivity index (χ0) is 12.8. The van der Waals surface area contributed by atoms with Gasteiger partial charge in [0.2, 0.25) is 0 Å². The fraction of sp³-hybridized carbons (Fsp3) is 0.0833. The summed E-state index contributed by atoms with van der Waals surface area (Å²) in [5, 5.41) is 5.82. The van der Waals surface area contributed by atoms with Crippen molar-refractivity contribution in [1.82, 2.24) is 4.98 Å². The molecule has 0 saturated heterocycles. The van der Waals surface area contributed by atoms with Crippen LogP contribution in [0.15, 0.2) is 40.9 Å². The molecule has 0 fully saturated rings. The van der Waals surface area contributed by atoms with Crippen LogP contribution < -0.4 is 5.43 Å². The van der Waals surface area contributed by atoms with E-state index in [0.29, 0.717) is 10.6 Å². The minimum atomic E-state index is -0.375. The number of hydrogen-bond donors (Lipinski definition) is 1. The topological polar surface area (TPSA) is 63.6 Å². The summed E-state index contributed by atoms with van der Waals surface area (Å²) < 4.78 is 4.67. The highest BCUT2D eigenvalue weighted by Crippen LogP contribution is 2.22. The van der Waals surface area contributed by atoms with Crippen LogP contribution in [0.5, 0.6) is 0 Å². The molecule has 2 heterocycles. The van der Waals surface area contributed by atoms with E-state index in [4.69, 9.17) is 0 Å². The van der Waals surface area contributed by atoms with Gasteiger partial charge in [0.05, 0.1) is 24.7 Å². The first-order chi connectivity index (χ1) is 8.81. The fourth-order valence-electron chi connectivity index (χ4n) is 1.27. The Kier molecular flexibility index (Phi) is 4.03. The number of hydrazone groups is 1. The minimum absolute atomic E-state index is 0.375. The third kappa shape index (κ3) is 2.92. The maximum Gasteiger partial charge on any atom is 0.350 e. The molecule has 0 aliphatic carbocycles. The number of pyridine rings is 1. The van der Waals surface area contributed by atoms with E-state index in [0.717, 1.165) is 5.69 Å². The van der Waals surface area contributed by atoms with Crippen LogP contribution in [-0.2, 0) is 4.74 Å². The van der Waals surface area contributed by atoms with Gasteiger partial charge >= 0.3 is 5.97 Å². The van der Waals surface area contributed by atoms with Crippen molar-refractivity contribution in [2.45, 2.75) is 0 Å². The SMILES string of the molecule is COC(=O)c1sccc1N/N=C/c1ccccn1. The smallest absolute Gasteiger partial charge is 0.350 e. The summed E-state index contributed by atoms with van der Waals surface area (Å²) in [4.78, 5) is 16.0. The fourth-order valence-corrected chi connectivity index (χ4v) is 2.03. The lowest BCUT2D eigenvalue weighted by atomic mass is 10.4. The molecule has 0 radical (unpaired) electrons. The Morgan fingerprint density at radius 2 is 2.39 bits per heavy atom. The first-order valence-corrected chi connectivity index (χ1v) is 6.05. The molecular weight excluding hydrogens is 250 g/mol. The third-order valence-electron chi connectivity index (χ3n) is 2.11. The summed E-state index contributed by atoms with van der Waals surface area (Å²) in [6, 6.07) is 7.31. The first kappa shape index (κ1) is 12.3. The Morgan fingerprint density at radius 3 is 3.11 bits per heavy atom. The second-order valence-corrected chi connectivity index (χ2v) is 4.20. The van der Waals surface area contributed by atoms with Crippen molar-refractivity contribution < 1.29 is 9.53 Å². The second-order valence-electron chi connectivity index (χ2n) is 3.28. The standard InChI is InChI=1S/C12H11N3O2S/c1-17-12(16)11-10(5-7-18-11)15-14-8-9-4-2-3-6-13-9/h2-8,15H,1H3/b14-8+. The van der Waals surface area contributed by atoms with Gasteiger partial charge in [-0.3, -0.25) is 10.4 Å². The van der Waals surface area contributed by atoms with Gasteiger partial charge in [-0.05, 0) is 23.6 Å². The van der Waals surface area contributed by atoms with E-state index in [9.17, 15) is 4.79 Å². The van der Waals surface area contributed by atoms with Gasteiger partial charge in [-0.2, -0.15) is 5.10 Å². The van der Waals surface area contributed by atoms with Gasteiger partial charge in [0.1, 0.15) is 4.88 Å². The summed E-state index contributed by atoms with van der Waals surface area (Å²) in [7, 11) is 1.35. The van der Waals surface area contributed by atoms with Gasteiger partial charge in [-0.15, -0.1) is 11.3 Å². The molecule has 92 valence electrons. The van der Waals surface area contributed by atoms with E-state index in [1.54, 1.807) is 23.9 Å². The summed E-state index contributed by atoms with van der Waals surface area (Å²) in [5.74, 6) is -0.375. The van der Waals surface area contributed by atoms with E-state index in [-0.39, 0.29) is 5.97 Å². The van der Waals surface area contributed by atoms with Gasteiger partial charge in [0, 0.05) is 6.20 Å². The molecule has 2 aromatic heterocycles. The van der Waals surface area contributed by atoms with Crippen molar-refractivity contribution in [3.8, 4) is 0 Å². The minimum Gasteiger partial charge on any atom is -0.465 e. The summed E-state index contributed by atoms with van der Waals surface area (Å²) in [5.41, 5.74) is 4.16. The Bertz CT molecular complexity index is 551. The molecule has 6 heteroatoms. The lowest BCUT2D eigenvalue weighted by molar-refractivity contribution is 0.0607. The van der Waals surface area contributed by atoms with E-state index in [1.807, 2.05) is 18.2 Å². The van der Waals surface area contributed by atoms with Crippen LogP contribution in [0.2, 0.25) is 0 Å². The maximum atomic E-state index is 11.4. The van der Waals surface area contributed by atoms with E-state index >= 15 is 0 Å². The number of methoxy groups -OCH3 is 1. The number of thiophene rings is 1. The molecule has 0 aliphatic heterocycles. The van der Waals surface area contributed by atoms with Crippen LogP contribution >= 0.6 is 11.3 Å². The Labute approximate surface area is 108 Å². The number of carbonyl (C=O) groups is 1. The molecule has 2 aromatic rings. The molecule has 18 heavy (non-hydrogen) atoms. The maximum absolute atomic E-state index is 11.4. The number of anilines is 1. The van der Waals surface area contributed by atoms with Crippen molar-refractivity contribution in [3.05, 3.63) is 46.4 Å². The number of nitrogens with one attached hydrogen (secondary N) is 1. The highest BCUT2D eigenvalue weighted by molar-refractivity contribution is 7.12. The van der Waals surface area contributed by atoms with Gasteiger partial charge in [-0.25, -0.2) is 4.79 Å². The molecule has 0 aliphatic rings. The number of hydrogen-bond acceptors (Lipinski definition) is 6. The monoisotopic (exact) mass is 261 g/mol. The number of ether oxygens (including phenoxy) is 1. The zero-order valence-corrected chi connectivity index (χ0v) is 10.5. The van der Waals surface area contributed by atoms with Crippen LogP contribution in [0.3, 0.4) is 0 Å². The van der Waals surface area contributed by atoms with Gasteiger partial charge in [-0.1, -0.05) is 6.07 Å². The molecule has 0 amide bonds. The predicted octanol–water partition coefficient (Wildman–Crippen LogP) is 2.38. The van der Waals surface area contributed by atoms with Crippen molar-refractivity contribution in [3.63, 3.8) is 0 Å². The van der Waals surface area contributed by atoms with Gasteiger partial charge < -0.3 is 4.74 Å². The predicted molar refractivity (Wildman–Crippen MR) is 71.1 cm³/mol. The van der Waals surface area contributed by atoms with Gasteiger partial charge in [0.25, 0.3) is 0 Å². The van der Waals surface area contributed by atoms with Crippen LogP contribution in [0.25, 0.3) is 0 Å². The van der Waals surface area contributed by atoms with Crippen molar-refractivity contribution in [1.29, 1.82) is 0 Å². The number of aromatic nitrogens is 1. The highest BCUT2D eigenvalue weighted by atomic mass is 32.1. The molecule has 0 aromatic carbocycles. The van der Waals surface area contributed by atoms with Crippen LogP contribution in [-0.4, -0.2) is 24.3 Å². The second kappa shape index (κ2) is 5.92. The number of carbonyl (C=O) groups excluding carboxylic acids is 1. The van der Waals surface area contributed by atoms with Crippen LogP contribution in [0, 0.1) is 0 Å². The normalized spacial score (nSPS) is 10.5. The molecule has 5 nitrogen and oxygen atoms in total. The summed E-state index contributed by atoms with van der Waals surface area (Å²) in [6.07, 6.45) is 3.27. The van der Waals surface area contributed by atoms with E-state index in [1.165, 1.54) is 18.4 Å². The highest BCUT2D eigenvalue weighted by Gasteiger charge is 2.12. The average molecular weight is 261 g/mol.